The predicted octanol–water partition coefficient (Wildman–Crippen LogP) is 0.912. The van der Waals surface area contributed by atoms with Gasteiger partial charge in [-0.05, 0) is 24.6 Å². The number of nitrogens with two attached hydrogens (primary N) is 1. The number of rotatable bonds is 3. The summed E-state index contributed by atoms with van der Waals surface area (Å²) in [6.07, 6.45) is 0.613. The summed E-state index contributed by atoms with van der Waals surface area (Å²) in [5, 5.41) is 0. The Labute approximate surface area is 117 Å². The fourth-order valence-electron chi connectivity index (χ4n) is 2.32. The molecule has 1 amide bonds. The van der Waals surface area contributed by atoms with Gasteiger partial charge in [-0.3, -0.25) is 9.59 Å². The molecule has 1 aliphatic heterocycles. The number of nitrogen functional groups attached to an aromatic ring is 1. The van der Waals surface area contributed by atoms with Crippen LogP contribution in [0, 0.1) is 5.92 Å². The molecular formula is C14H18N2O4. The third-order valence-corrected chi connectivity index (χ3v) is 3.50. The summed E-state index contributed by atoms with van der Waals surface area (Å²) in [6, 6.07) is 4.95. The largest absolute Gasteiger partial charge is 0.497 e. The average Bonchev–Trinajstić information content (AvgIpc) is 2.96. The second kappa shape index (κ2) is 5.81. The van der Waals surface area contributed by atoms with Gasteiger partial charge in [0.15, 0.2) is 0 Å². The zero-order chi connectivity index (χ0) is 14.7. The van der Waals surface area contributed by atoms with Crippen LogP contribution in [-0.4, -0.2) is 44.1 Å². The summed E-state index contributed by atoms with van der Waals surface area (Å²) in [4.78, 5) is 25.5. The maximum atomic E-state index is 12.4. The van der Waals surface area contributed by atoms with Gasteiger partial charge in [0.1, 0.15) is 5.75 Å². The Morgan fingerprint density at radius 3 is 2.75 bits per heavy atom. The van der Waals surface area contributed by atoms with E-state index in [1.807, 2.05) is 0 Å². The van der Waals surface area contributed by atoms with Crippen molar-refractivity contribution in [3.8, 4) is 5.75 Å². The summed E-state index contributed by atoms with van der Waals surface area (Å²) in [7, 11) is 2.88. The van der Waals surface area contributed by atoms with Gasteiger partial charge in [-0.25, -0.2) is 0 Å². The lowest BCUT2D eigenvalue weighted by Gasteiger charge is -2.17. The number of hydrogen-bond donors (Lipinski definition) is 1. The zero-order valence-corrected chi connectivity index (χ0v) is 11.6. The quantitative estimate of drug-likeness (QED) is 0.656. The van der Waals surface area contributed by atoms with Crippen molar-refractivity contribution in [2.24, 2.45) is 5.92 Å². The van der Waals surface area contributed by atoms with Gasteiger partial charge in [-0.15, -0.1) is 0 Å². The minimum Gasteiger partial charge on any atom is -0.497 e. The molecule has 2 rings (SSSR count). The van der Waals surface area contributed by atoms with Crippen molar-refractivity contribution < 1.29 is 19.1 Å². The molecule has 1 saturated heterocycles. The molecule has 0 bridgehead atoms. The van der Waals surface area contributed by atoms with E-state index in [4.69, 9.17) is 15.2 Å². The average molecular weight is 278 g/mol. The Morgan fingerprint density at radius 2 is 2.10 bits per heavy atom. The second-order valence-corrected chi connectivity index (χ2v) is 4.71. The van der Waals surface area contributed by atoms with Crippen molar-refractivity contribution in [1.82, 2.24) is 4.90 Å². The van der Waals surface area contributed by atoms with Gasteiger partial charge in [0.2, 0.25) is 0 Å². The van der Waals surface area contributed by atoms with Crippen molar-refractivity contribution in [3.63, 3.8) is 0 Å². The molecule has 0 radical (unpaired) electrons. The molecule has 1 aromatic carbocycles. The van der Waals surface area contributed by atoms with Crippen LogP contribution in [0.1, 0.15) is 16.8 Å². The first kappa shape index (κ1) is 14.2. The summed E-state index contributed by atoms with van der Waals surface area (Å²) in [5.74, 6) is -0.145. The van der Waals surface area contributed by atoms with Crippen LogP contribution in [-0.2, 0) is 9.53 Å². The van der Waals surface area contributed by atoms with Gasteiger partial charge < -0.3 is 20.1 Å². The molecule has 1 fully saturated rings. The lowest BCUT2D eigenvalue weighted by Crippen LogP contribution is -2.30. The molecule has 1 aromatic rings. The number of methoxy groups -OCH3 is 2. The van der Waals surface area contributed by atoms with E-state index in [-0.39, 0.29) is 17.8 Å². The molecule has 20 heavy (non-hydrogen) atoms. The van der Waals surface area contributed by atoms with Gasteiger partial charge in [0, 0.05) is 18.8 Å². The molecule has 0 aromatic heterocycles. The van der Waals surface area contributed by atoms with Gasteiger partial charge in [-0.1, -0.05) is 0 Å². The number of ether oxygens (including phenoxy) is 2. The number of amides is 1. The normalized spacial score (nSPS) is 17.9. The molecule has 6 nitrogen and oxygen atoms in total. The monoisotopic (exact) mass is 278 g/mol. The Morgan fingerprint density at radius 1 is 1.35 bits per heavy atom. The number of carbonyl (C=O) groups is 2. The van der Waals surface area contributed by atoms with E-state index >= 15 is 0 Å². The van der Waals surface area contributed by atoms with Crippen molar-refractivity contribution >= 4 is 17.6 Å². The minimum absolute atomic E-state index is 0.187. The van der Waals surface area contributed by atoms with Crippen LogP contribution in [0.2, 0.25) is 0 Å². The first-order valence-electron chi connectivity index (χ1n) is 6.37. The standard InChI is InChI=1S/C14H18N2O4/c1-19-10-3-4-12(15)11(7-10)13(17)16-6-5-9(8-16)14(18)20-2/h3-4,7,9H,5-6,8,15H2,1-2H3. The highest BCUT2D eigenvalue weighted by Gasteiger charge is 2.32. The number of carbonyl (C=O) groups excluding carboxylic acids is 2. The molecule has 1 unspecified atom stereocenters. The van der Waals surface area contributed by atoms with E-state index in [1.54, 1.807) is 23.1 Å². The van der Waals surface area contributed by atoms with Crippen molar-refractivity contribution in [3.05, 3.63) is 23.8 Å². The number of likely N-dealkylation sites (tertiary alicyclic amines) is 1. The number of esters is 1. The number of benzene rings is 1. The van der Waals surface area contributed by atoms with E-state index in [0.29, 0.717) is 36.5 Å². The third-order valence-electron chi connectivity index (χ3n) is 3.50. The van der Waals surface area contributed by atoms with Gasteiger partial charge in [0.25, 0.3) is 5.91 Å². The highest BCUT2D eigenvalue weighted by atomic mass is 16.5. The number of hydrogen-bond acceptors (Lipinski definition) is 5. The Balaban J connectivity index is 2.15. The fraction of sp³-hybridized carbons (Fsp3) is 0.429. The van der Waals surface area contributed by atoms with Gasteiger partial charge in [-0.2, -0.15) is 0 Å². The van der Waals surface area contributed by atoms with Crippen molar-refractivity contribution in [1.29, 1.82) is 0 Å². The van der Waals surface area contributed by atoms with Crippen LogP contribution < -0.4 is 10.5 Å². The third kappa shape index (κ3) is 2.68. The SMILES string of the molecule is COC(=O)C1CCN(C(=O)c2cc(OC)ccc2N)C1. The molecule has 6 heteroatoms. The summed E-state index contributed by atoms with van der Waals surface area (Å²) < 4.78 is 9.81. The molecule has 1 aliphatic rings. The first-order chi connectivity index (χ1) is 9.56. The van der Waals surface area contributed by atoms with Crippen LogP contribution in [0.5, 0.6) is 5.75 Å². The van der Waals surface area contributed by atoms with E-state index < -0.39 is 0 Å². The van der Waals surface area contributed by atoms with Crippen molar-refractivity contribution in [2.75, 3.05) is 33.0 Å². The lowest BCUT2D eigenvalue weighted by molar-refractivity contribution is -0.144. The highest BCUT2D eigenvalue weighted by molar-refractivity contribution is 6.00. The van der Waals surface area contributed by atoms with Crippen LogP contribution in [0.25, 0.3) is 0 Å². The molecule has 1 heterocycles. The fourth-order valence-corrected chi connectivity index (χ4v) is 2.32. The maximum Gasteiger partial charge on any atom is 0.310 e. The van der Waals surface area contributed by atoms with Crippen molar-refractivity contribution in [2.45, 2.75) is 6.42 Å². The van der Waals surface area contributed by atoms with E-state index in [9.17, 15) is 9.59 Å². The van der Waals surface area contributed by atoms with Gasteiger partial charge >= 0.3 is 5.97 Å². The molecular weight excluding hydrogens is 260 g/mol. The Kier molecular flexibility index (Phi) is 4.12. The first-order valence-corrected chi connectivity index (χ1v) is 6.37. The van der Waals surface area contributed by atoms with Gasteiger partial charge in [0.05, 0.1) is 25.7 Å². The smallest absolute Gasteiger partial charge is 0.310 e. The number of nitrogens with zero attached hydrogens (tertiary/aromatic N) is 1. The molecule has 0 spiro atoms. The minimum atomic E-state index is -0.279. The zero-order valence-electron chi connectivity index (χ0n) is 11.6. The van der Waals surface area contributed by atoms with Crippen LogP contribution in [0.4, 0.5) is 5.69 Å². The molecule has 0 aliphatic carbocycles. The molecule has 108 valence electrons. The Hall–Kier alpha value is -2.24. The van der Waals surface area contributed by atoms with E-state index in [2.05, 4.69) is 0 Å². The van der Waals surface area contributed by atoms with Crippen LogP contribution >= 0.6 is 0 Å². The van der Waals surface area contributed by atoms with E-state index in [0.717, 1.165) is 0 Å². The van der Waals surface area contributed by atoms with E-state index in [1.165, 1.54) is 14.2 Å². The summed E-state index contributed by atoms with van der Waals surface area (Å²) in [6.45, 7) is 0.886. The second-order valence-electron chi connectivity index (χ2n) is 4.71. The predicted molar refractivity (Wildman–Crippen MR) is 73.4 cm³/mol. The maximum absolute atomic E-state index is 12.4. The summed E-state index contributed by atoms with van der Waals surface area (Å²) >= 11 is 0. The van der Waals surface area contributed by atoms with Crippen LogP contribution in [0.3, 0.4) is 0 Å². The molecule has 2 N–H and O–H groups in total. The topological polar surface area (TPSA) is 81.9 Å². The lowest BCUT2D eigenvalue weighted by atomic mass is 10.1. The highest BCUT2D eigenvalue weighted by Crippen LogP contribution is 2.25. The Bertz CT molecular complexity index is 530. The number of anilines is 1. The van der Waals surface area contributed by atoms with Crippen LogP contribution in [0.15, 0.2) is 18.2 Å². The molecule has 0 saturated carbocycles. The summed E-state index contributed by atoms with van der Waals surface area (Å²) in [5.41, 5.74) is 6.64. The molecule has 1 atom stereocenters.